The van der Waals surface area contributed by atoms with Crippen molar-refractivity contribution in [1.29, 1.82) is 0 Å². The van der Waals surface area contributed by atoms with Gasteiger partial charge in [0.05, 0.1) is 5.52 Å². The summed E-state index contributed by atoms with van der Waals surface area (Å²) in [5, 5.41) is 1.50. The van der Waals surface area contributed by atoms with Crippen LogP contribution < -0.4 is 9.64 Å². The zero-order valence-corrected chi connectivity index (χ0v) is 24.9. The summed E-state index contributed by atoms with van der Waals surface area (Å²) in [4.78, 5) is 32.2. The Labute approximate surface area is 252 Å². The molecule has 2 fully saturated rings. The zero-order valence-electron chi connectivity index (χ0n) is 24.2. The number of carbonyl (C=O) groups is 1. The number of likely N-dealkylation sites (tertiary alicyclic amines) is 1. The number of ether oxygens (including phenoxy) is 1. The van der Waals surface area contributed by atoms with Crippen molar-refractivity contribution in [2.45, 2.75) is 50.6 Å². The molecule has 3 heterocycles. The Morgan fingerprint density at radius 1 is 1.14 bits per heavy atom. The van der Waals surface area contributed by atoms with E-state index in [0.717, 1.165) is 54.5 Å². The number of fused-ring (bicyclic) bond motifs is 2. The van der Waals surface area contributed by atoms with Gasteiger partial charge in [0.1, 0.15) is 18.5 Å². The van der Waals surface area contributed by atoms with Crippen molar-refractivity contribution in [2.75, 3.05) is 51.3 Å². The number of anilines is 1. The average Bonchev–Trinajstić information content (AvgIpc) is 3.43. The van der Waals surface area contributed by atoms with Gasteiger partial charge in [-0.25, -0.2) is 6.57 Å². The van der Waals surface area contributed by atoms with Crippen LogP contribution in [0.25, 0.3) is 26.9 Å². The summed E-state index contributed by atoms with van der Waals surface area (Å²) in [5.74, 6) is 0.568. The predicted octanol–water partition coefficient (Wildman–Crippen LogP) is 5.42. The molecule has 2 atom stereocenters. The molecule has 0 unspecified atom stereocenters. The molecule has 2 aliphatic heterocycles. The Kier molecular flexibility index (Phi) is 8.32. The Hall–Kier alpha value is -3.67. The Balaban J connectivity index is 1.42. The summed E-state index contributed by atoms with van der Waals surface area (Å²) in [7, 11) is 2.13. The molecule has 42 heavy (non-hydrogen) atoms. The van der Waals surface area contributed by atoms with E-state index in [4.69, 9.17) is 32.9 Å². The van der Waals surface area contributed by atoms with Crippen molar-refractivity contribution in [2.24, 2.45) is 0 Å². The molecule has 2 aromatic carbocycles. The molecule has 1 aromatic heterocycles. The molecule has 9 heteroatoms. The van der Waals surface area contributed by atoms with Crippen LogP contribution in [0.2, 0.25) is 5.02 Å². The molecule has 0 spiro atoms. The summed E-state index contributed by atoms with van der Waals surface area (Å²) in [6.07, 6.45) is 8.12. The fraction of sp³-hybridized carbons (Fsp3) is 0.455. The number of hydrogen-bond donors (Lipinski definition) is 0. The van der Waals surface area contributed by atoms with E-state index in [2.05, 4.69) is 52.5 Å². The summed E-state index contributed by atoms with van der Waals surface area (Å²) in [5.41, 5.74) is 5.70. The van der Waals surface area contributed by atoms with E-state index in [1.165, 1.54) is 35.6 Å². The lowest BCUT2D eigenvalue weighted by atomic mass is 9.86. The fourth-order valence-electron chi connectivity index (χ4n) is 6.74. The molecule has 0 radical (unpaired) electrons. The first-order valence-corrected chi connectivity index (χ1v) is 15.3. The van der Waals surface area contributed by atoms with E-state index in [-0.39, 0.29) is 18.5 Å². The van der Waals surface area contributed by atoms with Gasteiger partial charge >= 0.3 is 6.01 Å². The largest absolute Gasteiger partial charge is 0.462 e. The maximum atomic E-state index is 12.5. The molecular weight excluding hydrogens is 548 g/mol. The van der Waals surface area contributed by atoms with Crippen molar-refractivity contribution in [1.82, 2.24) is 19.8 Å². The second kappa shape index (κ2) is 12.3. The van der Waals surface area contributed by atoms with E-state index in [1.54, 1.807) is 4.90 Å². The van der Waals surface area contributed by atoms with Gasteiger partial charge in [-0.05, 0) is 87.0 Å². The molecule has 0 bridgehead atoms. The second-order valence-corrected chi connectivity index (χ2v) is 12.0. The molecule has 3 aromatic rings. The van der Waals surface area contributed by atoms with Crippen molar-refractivity contribution < 1.29 is 9.53 Å². The lowest BCUT2D eigenvalue weighted by Gasteiger charge is -2.39. The van der Waals surface area contributed by atoms with E-state index in [9.17, 15) is 4.79 Å². The number of rotatable bonds is 7. The van der Waals surface area contributed by atoms with Gasteiger partial charge < -0.3 is 24.3 Å². The number of benzene rings is 2. The molecule has 1 amide bonds. The van der Waals surface area contributed by atoms with Gasteiger partial charge in [-0.2, -0.15) is 9.97 Å². The minimum absolute atomic E-state index is 0.153. The molecule has 0 saturated carbocycles. The number of carbonyl (C=O) groups excluding carboxylic acids is 1. The monoisotopic (exact) mass is 584 g/mol. The maximum absolute atomic E-state index is 12.5. The topological polar surface area (TPSA) is 66.2 Å². The standard InChI is InChI=1S/C33H37ClN6O2/c1-4-31(41)40-16-15-39(20-24(40)19-35-2)32-28-17-29(34)27(26-13-7-10-22-9-5-6-12-25(22)26)18-30(28)36-33(37-32)42-21-23-11-8-14-38(23)3/h4,7,10,13,17-18,23-24H,1,5-6,8-9,11-12,14-16,19-21H2,3H3/t23-,24-/m0/s1. The first kappa shape index (κ1) is 28.4. The molecule has 8 nitrogen and oxygen atoms in total. The Morgan fingerprint density at radius 2 is 2.00 bits per heavy atom. The number of piperazine rings is 1. The molecule has 6 rings (SSSR count). The predicted molar refractivity (Wildman–Crippen MR) is 167 cm³/mol. The number of aromatic nitrogens is 2. The van der Waals surface area contributed by atoms with Crippen LogP contribution in [0.15, 0.2) is 43.0 Å². The van der Waals surface area contributed by atoms with Crippen molar-refractivity contribution in [3.05, 3.63) is 70.6 Å². The van der Waals surface area contributed by atoms with Crippen molar-refractivity contribution in [3.63, 3.8) is 0 Å². The SMILES string of the molecule is [C-]#[N+]C[C@H]1CN(c2nc(OC[C@@H]3CCCN3C)nc3cc(-c4cccc5c4CCCC5)c(Cl)cc23)CCN1C(=O)C=C. The molecular formula is C33H37ClN6O2. The van der Waals surface area contributed by atoms with Crippen LogP contribution >= 0.6 is 11.6 Å². The van der Waals surface area contributed by atoms with E-state index < -0.39 is 0 Å². The smallest absolute Gasteiger partial charge is 0.319 e. The van der Waals surface area contributed by atoms with Crippen LogP contribution in [0, 0.1) is 6.57 Å². The summed E-state index contributed by atoms with van der Waals surface area (Å²) < 4.78 is 6.27. The summed E-state index contributed by atoms with van der Waals surface area (Å²) >= 11 is 7.04. The highest BCUT2D eigenvalue weighted by atomic mass is 35.5. The van der Waals surface area contributed by atoms with Gasteiger partial charge in [0.2, 0.25) is 12.5 Å². The van der Waals surface area contributed by atoms with E-state index in [0.29, 0.717) is 43.3 Å². The van der Waals surface area contributed by atoms with Gasteiger partial charge in [-0.3, -0.25) is 4.79 Å². The first-order valence-electron chi connectivity index (χ1n) is 14.9. The minimum Gasteiger partial charge on any atom is -0.462 e. The van der Waals surface area contributed by atoms with Gasteiger partial charge in [-0.1, -0.05) is 36.4 Å². The van der Waals surface area contributed by atoms with Gasteiger partial charge in [0.25, 0.3) is 0 Å². The lowest BCUT2D eigenvalue weighted by Crippen LogP contribution is -2.56. The third-order valence-corrected chi connectivity index (χ3v) is 9.36. The highest BCUT2D eigenvalue weighted by Crippen LogP contribution is 2.39. The normalized spacial score (nSPS) is 20.8. The summed E-state index contributed by atoms with van der Waals surface area (Å²) in [6, 6.07) is 11.0. The highest BCUT2D eigenvalue weighted by molar-refractivity contribution is 6.34. The number of nitrogens with zero attached hydrogens (tertiary/aromatic N) is 6. The van der Waals surface area contributed by atoms with Crippen LogP contribution in [0.5, 0.6) is 6.01 Å². The Bertz CT molecular complexity index is 1550. The first-order chi connectivity index (χ1) is 20.5. The number of aryl methyl sites for hydroxylation is 1. The van der Waals surface area contributed by atoms with E-state index in [1.807, 2.05) is 6.07 Å². The second-order valence-electron chi connectivity index (χ2n) is 11.6. The minimum atomic E-state index is -0.270. The van der Waals surface area contributed by atoms with Crippen molar-refractivity contribution >= 4 is 34.2 Å². The number of halogens is 1. The van der Waals surface area contributed by atoms with Gasteiger partial charge in [0.15, 0.2) is 0 Å². The molecule has 2 saturated heterocycles. The molecule has 1 aliphatic carbocycles. The van der Waals surface area contributed by atoms with Crippen LogP contribution in [0.3, 0.4) is 0 Å². The number of hydrogen-bond acceptors (Lipinski definition) is 6. The highest BCUT2D eigenvalue weighted by Gasteiger charge is 2.33. The number of likely N-dealkylation sites (N-methyl/N-ethyl adjacent to an activating group) is 1. The average molecular weight is 585 g/mol. The third kappa shape index (κ3) is 5.56. The third-order valence-electron chi connectivity index (χ3n) is 9.05. The van der Waals surface area contributed by atoms with Crippen molar-refractivity contribution in [3.8, 4) is 17.1 Å². The van der Waals surface area contributed by atoms with Gasteiger partial charge in [0, 0.05) is 41.6 Å². The molecule has 0 N–H and O–H groups in total. The Morgan fingerprint density at radius 3 is 2.79 bits per heavy atom. The van der Waals surface area contributed by atoms with Crippen LogP contribution in [0.4, 0.5) is 5.82 Å². The van der Waals surface area contributed by atoms with Crippen LogP contribution in [0.1, 0.15) is 36.8 Å². The molecule has 3 aliphatic rings. The maximum Gasteiger partial charge on any atom is 0.319 e. The summed E-state index contributed by atoms with van der Waals surface area (Å²) in [6.45, 7) is 14.5. The van der Waals surface area contributed by atoms with E-state index >= 15 is 0 Å². The zero-order chi connectivity index (χ0) is 29.2. The lowest BCUT2D eigenvalue weighted by molar-refractivity contribution is -0.128. The van der Waals surface area contributed by atoms with Crippen LogP contribution in [-0.4, -0.2) is 84.1 Å². The fourth-order valence-corrected chi connectivity index (χ4v) is 7.00. The molecule has 218 valence electrons. The number of amides is 1. The quantitative estimate of drug-likeness (QED) is 0.273. The van der Waals surface area contributed by atoms with Gasteiger partial charge in [-0.15, -0.1) is 0 Å². The van der Waals surface area contributed by atoms with Crippen LogP contribution in [-0.2, 0) is 17.6 Å².